The second-order valence-electron chi connectivity index (χ2n) is 9.28. The van der Waals surface area contributed by atoms with Gasteiger partial charge in [-0.1, -0.05) is 6.07 Å². The Labute approximate surface area is 213 Å². The third kappa shape index (κ3) is 7.64. The zero-order valence-electron chi connectivity index (χ0n) is 19.7. The van der Waals surface area contributed by atoms with Gasteiger partial charge in [0.15, 0.2) is 0 Å². The summed E-state index contributed by atoms with van der Waals surface area (Å²) in [5.74, 6) is -3.97. The molecular weight excluding hydrogens is 547 g/mol. The first-order valence-corrected chi connectivity index (χ1v) is 11.8. The number of hydrogen-bond donors (Lipinski definition) is 2. The number of likely N-dealkylation sites (tertiary alicyclic amines) is 1. The molecule has 2 aromatic heterocycles. The van der Waals surface area contributed by atoms with Crippen molar-refractivity contribution in [3.8, 4) is 0 Å². The predicted octanol–water partition coefficient (Wildman–Crippen LogP) is 4.87. The first-order chi connectivity index (χ1) is 16.7. The number of ether oxygens (including phenoxy) is 1. The summed E-state index contributed by atoms with van der Waals surface area (Å²) in [6.45, 7) is 4.03. The molecule has 0 saturated carbocycles. The number of amides is 3. The van der Waals surface area contributed by atoms with E-state index in [1.807, 2.05) is 0 Å². The van der Waals surface area contributed by atoms with E-state index in [0.29, 0.717) is 4.60 Å². The van der Waals surface area contributed by atoms with Crippen LogP contribution in [0.15, 0.2) is 41.1 Å². The molecule has 2 unspecified atom stereocenters. The van der Waals surface area contributed by atoms with Crippen molar-refractivity contribution in [2.75, 3.05) is 23.7 Å². The Kier molecular flexibility index (Phi) is 8.22. The van der Waals surface area contributed by atoms with Crippen molar-refractivity contribution in [2.24, 2.45) is 11.8 Å². The van der Waals surface area contributed by atoms with Gasteiger partial charge in [-0.15, -0.1) is 0 Å². The lowest BCUT2D eigenvalue weighted by Crippen LogP contribution is -2.51. The van der Waals surface area contributed by atoms with Crippen molar-refractivity contribution in [2.45, 2.75) is 39.0 Å². The van der Waals surface area contributed by atoms with Gasteiger partial charge in [0.25, 0.3) is 5.91 Å². The van der Waals surface area contributed by atoms with Crippen LogP contribution in [0.25, 0.3) is 0 Å². The molecule has 0 spiro atoms. The number of aromatic nitrogens is 2. The molecule has 1 aliphatic heterocycles. The molecule has 13 heteroatoms. The van der Waals surface area contributed by atoms with Crippen LogP contribution in [0.5, 0.6) is 0 Å². The highest BCUT2D eigenvalue weighted by Gasteiger charge is 2.47. The van der Waals surface area contributed by atoms with Crippen LogP contribution in [0.1, 0.15) is 37.7 Å². The lowest BCUT2D eigenvalue weighted by molar-refractivity contribution is -0.190. The van der Waals surface area contributed by atoms with E-state index in [2.05, 4.69) is 36.5 Å². The summed E-state index contributed by atoms with van der Waals surface area (Å²) in [5.41, 5.74) is -0.512. The number of halogens is 4. The predicted molar refractivity (Wildman–Crippen MR) is 128 cm³/mol. The third-order valence-electron chi connectivity index (χ3n) is 5.16. The van der Waals surface area contributed by atoms with E-state index in [4.69, 9.17) is 4.74 Å². The van der Waals surface area contributed by atoms with Gasteiger partial charge in [0.05, 0.1) is 23.7 Å². The van der Waals surface area contributed by atoms with Crippen LogP contribution in [0.2, 0.25) is 0 Å². The molecule has 194 valence electrons. The van der Waals surface area contributed by atoms with Crippen LogP contribution in [0.4, 0.5) is 29.5 Å². The van der Waals surface area contributed by atoms with Crippen LogP contribution in [0.3, 0.4) is 0 Å². The smallest absolute Gasteiger partial charge is 0.410 e. The van der Waals surface area contributed by atoms with Crippen molar-refractivity contribution in [3.05, 3.63) is 46.8 Å². The summed E-state index contributed by atoms with van der Waals surface area (Å²) in [6, 6.07) is 7.72. The topological polar surface area (TPSA) is 114 Å². The highest BCUT2D eigenvalue weighted by Crippen LogP contribution is 2.36. The summed E-state index contributed by atoms with van der Waals surface area (Å²) >= 11 is 3.18. The van der Waals surface area contributed by atoms with Gasteiger partial charge in [-0.3, -0.25) is 9.59 Å². The molecule has 2 N–H and O–H groups in total. The van der Waals surface area contributed by atoms with Gasteiger partial charge in [0.1, 0.15) is 21.7 Å². The van der Waals surface area contributed by atoms with Crippen molar-refractivity contribution in [3.63, 3.8) is 0 Å². The Balaban J connectivity index is 1.66. The maximum absolute atomic E-state index is 13.5. The first kappa shape index (κ1) is 27.4. The van der Waals surface area contributed by atoms with Crippen LogP contribution in [-0.2, 0) is 9.53 Å². The van der Waals surface area contributed by atoms with Gasteiger partial charge in [-0.25, -0.2) is 14.8 Å². The molecule has 1 aliphatic rings. The minimum absolute atomic E-state index is 0.162. The SMILES string of the molecule is CC(C)(C)OC(=O)N1CC(C(=O)Nc2ccc(NC(=O)c3cccc(Br)n3)nc2)CC(C(F)(F)F)C1. The van der Waals surface area contributed by atoms with Gasteiger partial charge in [0, 0.05) is 13.1 Å². The van der Waals surface area contributed by atoms with Crippen LogP contribution < -0.4 is 10.6 Å². The van der Waals surface area contributed by atoms with E-state index >= 15 is 0 Å². The fourth-order valence-electron chi connectivity index (χ4n) is 3.50. The highest BCUT2D eigenvalue weighted by molar-refractivity contribution is 9.10. The molecular formula is C23H25BrF3N5O4. The number of carbonyl (C=O) groups is 3. The molecule has 0 radical (unpaired) electrons. The second-order valence-corrected chi connectivity index (χ2v) is 10.1. The zero-order valence-corrected chi connectivity index (χ0v) is 21.3. The van der Waals surface area contributed by atoms with Crippen molar-refractivity contribution in [1.29, 1.82) is 0 Å². The van der Waals surface area contributed by atoms with Gasteiger partial charge in [0.2, 0.25) is 5.91 Å². The number of carbonyl (C=O) groups excluding carboxylic acids is 3. The highest BCUT2D eigenvalue weighted by atomic mass is 79.9. The Morgan fingerprint density at radius 2 is 1.81 bits per heavy atom. The van der Waals surface area contributed by atoms with Gasteiger partial charge >= 0.3 is 12.3 Å². The fourth-order valence-corrected chi connectivity index (χ4v) is 3.85. The van der Waals surface area contributed by atoms with E-state index in [-0.39, 0.29) is 23.7 Å². The quantitative estimate of drug-likeness (QED) is 0.506. The maximum Gasteiger partial charge on any atom is 0.410 e. The van der Waals surface area contributed by atoms with E-state index in [1.165, 1.54) is 24.4 Å². The van der Waals surface area contributed by atoms with E-state index in [0.717, 1.165) is 4.90 Å². The fraction of sp³-hybridized carbons (Fsp3) is 0.435. The van der Waals surface area contributed by atoms with Crippen LogP contribution in [0, 0.1) is 11.8 Å². The number of alkyl halides is 3. The minimum atomic E-state index is -4.58. The zero-order chi connectivity index (χ0) is 26.7. The number of nitrogens with zero attached hydrogens (tertiary/aromatic N) is 3. The number of pyridine rings is 2. The second kappa shape index (κ2) is 10.8. The first-order valence-electron chi connectivity index (χ1n) is 11.0. The summed E-state index contributed by atoms with van der Waals surface area (Å²) in [6.07, 6.45) is -4.69. The summed E-state index contributed by atoms with van der Waals surface area (Å²) in [7, 11) is 0. The molecule has 2 atom stereocenters. The number of nitrogens with one attached hydrogen (secondary N) is 2. The molecule has 0 aliphatic carbocycles. The van der Waals surface area contributed by atoms with Gasteiger partial charge in [-0.2, -0.15) is 13.2 Å². The summed E-state index contributed by atoms with van der Waals surface area (Å²) in [5, 5.41) is 5.09. The molecule has 0 aromatic carbocycles. The van der Waals surface area contributed by atoms with Crippen molar-refractivity contribution < 1.29 is 32.3 Å². The molecule has 3 amide bonds. The standard InChI is InChI=1S/C23H25BrF3N5O4/c1-22(2,3)36-21(35)32-11-13(9-14(12-32)23(25,26)27)19(33)29-15-7-8-18(28-10-15)31-20(34)16-5-4-6-17(24)30-16/h4-8,10,13-14H,9,11-12H2,1-3H3,(H,29,33)(H,28,31,34). The normalized spacial score (nSPS) is 18.4. The van der Waals surface area contributed by atoms with Crippen LogP contribution in [-0.4, -0.2) is 57.6 Å². The number of hydrogen-bond acceptors (Lipinski definition) is 6. The van der Waals surface area contributed by atoms with Gasteiger partial charge < -0.3 is 20.3 Å². The van der Waals surface area contributed by atoms with Crippen LogP contribution >= 0.6 is 15.9 Å². The van der Waals surface area contributed by atoms with E-state index in [9.17, 15) is 27.6 Å². The van der Waals surface area contributed by atoms with E-state index < -0.39 is 54.5 Å². The number of rotatable bonds is 4. The lowest BCUT2D eigenvalue weighted by atomic mass is 9.88. The van der Waals surface area contributed by atoms with Crippen molar-refractivity contribution >= 4 is 45.3 Å². The van der Waals surface area contributed by atoms with Gasteiger partial charge in [-0.05, 0) is 67.4 Å². The Morgan fingerprint density at radius 1 is 1.08 bits per heavy atom. The van der Waals surface area contributed by atoms with Crippen molar-refractivity contribution in [1.82, 2.24) is 14.9 Å². The lowest BCUT2D eigenvalue weighted by Gasteiger charge is -2.38. The molecule has 2 aromatic rings. The molecule has 36 heavy (non-hydrogen) atoms. The average molecular weight is 572 g/mol. The Bertz CT molecular complexity index is 1120. The number of piperidine rings is 1. The third-order valence-corrected chi connectivity index (χ3v) is 5.60. The average Bonchev–Trinajstić information content (AvgIpc) is 2.78. The molecule has 1 saturated heterocycles. The molecule has 9 nitrogen and oxygen atoms in total. The van der Waals surface area contributed by atoms with E-state index in [1.54, 1.807) is 32.9 Å². The summed E-state index contributed by atoms with van der Waals surface area (Å²) in [4.78, 5) is 46.5. The molecule has 3 heterocycles. The Morgan fingerprint density at radius 3 is 2.39 bits per heavy atom. The largest absolute Gasteiger partial charge is 0.444 e. The Hall–Kier alpha value is -3.22. The molecule has 0 bridgehead atoms. The molecule has 3 rings (SSSR count). The summed E-state index contributed by atoms with van der Waals surface area (Å²) < 4.78 is 46.2. The molecule has 1 fully saturated rings. The maximum atomic E-state index is 13.5. The minimum Gasteiger partial charge on any atom is -0.444 e. The number of anilines is 2. The monoisotopic (exact) mass is 571 g/mol.